The number of methoxy groups -OCH3 is 1. The number of hydrogen-bond acceptors (Lipinski definition) is 5. The highest BCUT2D eigenvalue weighted by Gasteiger charge is 2.42. The molecule has 6 nitrogen and oxygen atoms in total. The number of nitrogens with zero attached hydrogens (tertiary/aromatic N) is 1. The lowest BCUT2D eigenvalue weighted by Crippen LogP contribution is -2.44. The maximum atomic E-state index is 12.5. The van der Waals surface area contributed by atoms with Crippen LogP contribution in [0.3, 0.4) is 0 Å². The first-order valence-electron chi connectivity index (χ1n) is 7.73. The molecule has 1 unspecified atom stereocenters. The van der Waals surface area contributed by atoms with Crippen molar-refractivity contribution in [3.63, 3.8) is 0 Å². The van der Waals surface area contributed by atoms with E-state index in [4.69, 9.17) is 14.0 Å². The Morgan fingerprint density at radius 2 is 2.04 bits per heavy atom. The summed E-state index contributed by atoms with van der Waals surface area (Å²) >= 11 is 0. The van der Waals surface area contributed by atoms with Gasteiger partial charge in [-0.05, 0) is 55.8 Å². The largest absolute Gasteiger partial charge is 0.497 e. The smallest absolute Gasteiger partial charge is 0.267 e. The number of ether oxygens (including phenoxy) is 1. The number of benzene rings is 1. The van der Waals surface area contributed by atoms with Crippen molar-refractivity contribution in [3.05, 3.63) is 53.5 Å². The van der Waals surface area contributed by atoms with Gasteiger partial charge in [0.1, 0.15) is 17.3 Å². The third-order valence-corrected chi connectivity index (χ3v) is 3.98. The molecule has 2 aromatic rings. The van der Waals surface area contributed by atoms with Gasteiger partial charge >= 0.3 is 0 Å². The summed E-state index contributed by atoms with van der Waals surface area (Å²) in [6, 6.07) is 11.2. The Kier molecular flexibility index (Phi) is 4.29. The van der Waals surface area contributed by atoms with Gasteiger partial charge in [0.25, 0.3) is 5.91 Å². The molecule has 0 fully saturated rings. The molecule has 0 spiro atoms. The average molecular weight is 328 g/mol. The van der Waals surface area contributed by atoms with Crippen LogP contribution in [0.15, 0.2) is 46.0 Å². The van der Waals surface area contributed by atoms with Crippen molar-refractivity contribution in [1.82, 2.24) is 5.32 Å². The monoisotopic (exact) mass is 328 g/mol. The highest BCUT2D eigenvalue weighted by atomic mass is 16.7. The Morgan fingerprint density at radius 1 is 1.29 bits per heavy atom. The highest BCUT2D eigenvalue weighted by Crippen LogP contribution is 2.27. The summed E-state index contributed by atoms with van der Waals surface area (Å²) in [5, 5.41) is 6.92. The van der Waals surface area contributed by atoms with Crippen LogP contribution in [0.5, 0.6) is 5.75 Å². The first-order valence-corrected chi connectivity index (χ1v) is 7.73. The highest BCUT2D eigenvalue weighted by molar-refractivity contribution is 6.05. The molecule has 0 radical (unpaired) electrons. The fourth-order valence-corrected chi connectivity index (χ4v) is 2.53. The van der Waals surface area contributed by atoms with E-state index in [9.17, 15) is 4.79 Å². The molecule has 1 aliphatic rings. The van der Waals surface area contributed by atoms with Crippen LogP contribution < -0.4 is 10.1 Å². The van der Waals surface area contributed by atoms with Crippen molar-refractivity contribution in [2.45, 2.75) is 32.4 Å². The molecular weight excluding hydrogens is 308 g/mol. The molecule has 1 amide bonds. The second kappa shape index (κ2) is 6.39. The number of nitrogens with one attached hydrogen (secondary N) is 1. The van der Waals surface area contributed by atoms with Gasteiger partial charge in [0.15, 0.2) is 0 Å². The lowest BCUT2D eigenvalue weighted by molar-refractivity contribution is -0.142. The molecule has 3 rings (SSSR count). The Labute approximate surface area is 140 Å². The first kappa shape index (κ1) is 16.1. The standard InChI is InChI=1S/C18H20N2O4/c1-12-4-7-15(23-12)11-19-17(21)18(2)10-16(20-24-18)13-5-8-14(22-3)9-6-13/h4-9H,10-11H2,1-3H3,(H,19,21). The van der Waals surface area contributed by atoms with E-state index in [1.807, 2.05) is 43.3 Å². The number of aryl methyl sites for hydroxylation is 1. The summed E-state index contributed by atoms with van der Waals surface area (Å²) < 4.78 is 10.6. The van der Waals surface area contributed by atoms with Crippen molar-refractivity contribution >= 4 is 11.6 Å². The minimum absolute atomic E-state index is 0.219. The molecular formula is C18H20N2O4. The molecule has 126 valence electrons. The average Bonchev–Trinajstić information content (AvgIpc) is 3.19. The quantitative estimate of drug-likeness (QED) is 0.916. The summed E-state index contributed by atoms with van der Waals surface area (Å²) in [5.74, 6) is 2.07. The van der Waals surface area contributed by atoms with Gasteiger partial charge in [-0.2, -0.15) is 0 Å². The Bertz CT molecular complexity index is 764. The number of oxime groups is 1. The Balaban J connectivity index is 1.61. The van der Waals surface area contributed by atoms with E-state index in [0.717, 1.165) is 22.8 Å². The molecule has 1 aromatic carbocycles. The summed E-state index contributed by atoms with van der Waals surface area (Å²) in [7, 11) is 1.62. The van der Waals surface area contributed by atoms with E-state index < -0.39 is 5.60 Å². The number of carbonyl (C=O) groups excluding carboxylic acids is 1. The first-order chi connectivity index (χ1) is 11.5. The predicted molar refractivity (Wildman–Crippen MR) is 88.9 cm³/mol. The van der Waals surface area contributed by atoms with Crippen molar-refractivity contribution < 1.29 is 18.8 Å². The van der Waals surface area contributed by atoms with E-state index in [-0.39, 0.29) is 5.91 Å². The van der Waals surface area contributed by atoms with Crippen molar-refractivity contribution in [2.75, 3.05) is 7.11 Å². The molecule has 0 aliphatic carbocycles. The minimum Gasteiger partial charge on any atom is -0.497 e. The maximum absolute atomic E-state index is 12.5. The topological polar surface area (TPSA) is 73.1 Å². The van der Waals surface area contributed by atoms with Crippen molar-refractivity contribution in [2.24, 2.45) is 5.16 Å². The summed E-state index contributed by atoms with van der Waals surface area (Å²) in [4.78, 5) is 17.9. The van der Waals surface area contributed by atoms with Gasteiger partial charge < -0.3 is 19.3 Å². The van der Waals surface area contributed by atoms with E-state index in [2.05, 4.69) is 10.5 Å². The minimum atomic E-state index is -1.02. The number of furan rings is 1. The molecule has 0 saturated carbocycles. The van der Waals surface area contributed by atoms with Crippen LogP contribution in [0.2, 0.25) is 0 Å². The second-order valence-corrected chi connectivity index (χ2v) is 5.96. The fourth-order valence-electron chi connectivity index (χ4n) is 2.53. The summed E-state index contributed by atoms with van der Waals surface area (Å²) in [5.41, 5.74) is 0.634. The molecule has 0 bridgehead atoms. The number of hydrogen-bond donors (Lipinski definition) is 1. The fraction of sp³-hybridized carbons (Fsp3) is 0.333. The normalized spacial score (nSPS) is 19.5. The van der Waals surface area contributed by atoms with Gasteiger partial charge in [0, 0.05) is 6.42 Å². The number of amides is 1. The zero-order valence-corrected chi connectivity index (χ0v) is 14.0. The van der Waals surface area contributed by atoms with E-state index in [0.29, 0.717) is 18.7 Å². The number of rotatable bonds is 5. The summed E-state index contributed by atoms with van der Waals surface area (Å²) in [6.07, 6.45) is 0.405. The SMILES string of the molecule is COc1ccc(C2=NOC(C)(C(=O)NCc3ccc(C)o3)C2)cc1. The van der Waals surface area contributed by atoms with Crippen LogP contribution in [-0.2, 0) is 16.2 Å². The lowest BCUT2D eigenvalue weighted by atomic mass is 9.95. The number of carbonyl (C=O) groups is 1. The van der Waals surface area contributed by atoms with Crippen molar-refractivity contribution in [1.29, 1.82) is 0 Å². The molecule has 24 heavy (non-hydrogen) atoms. The Hall–Kier alpha value is -2.76. The predicted octanol–water partition coefficient (Wildman–Crippen LogP) is 2.80. The van der Waals surface area contributed by atoms with Gasteiger partial charge in [-0.3, -0.25) is 4.79 Å². The van der Waals surface area contributed by atoms with Gasteiger partial charge in [-0.1, -0.05) is 5.16 Å². The lowest BCUT2D eigenvalue weighted by Gasteiger charge is -2.20. The van der Waals surface area contributed by atoms with E-state index >= 15 is 0 Å². The molecule has 1 aromatic heterocycles. The van der Waals surface area contributed by atoms with Crippen molar-refractivity contribution in [3.8, 4) is 5.75 Å². The molecule has 6 heteroatoms. The van der Waals surface area contributed by atoms with Gasteiger partial charge in [0.05, 0.1) is 19.4 Å². The molecule has 2 heterocycles. The van der Waals surface area contributed by atoms with E-state index in [1.165, 1.54) is 0 Å². The molecule has 1 atom stereocenters. The Morgan fingerprint density at radius 3 is 2.67 bits per heavy atom. The van der Waals surface area contributed by atoms with E-state index in [1.54, 1.807) is 14.0 Å². The van der Waals surface area contributed by atoms with Gasteiger partial charge in [-0.15, -0.1) is 0 Å². The van der Waals surface area contributed by atoms with Gasteiger partial charge in [-0.25, -0.2) is 0 Å². The van der Waals surface area contributed by atoms with Crippen LogP contribution >= 0.6 is 0 Å². The molecule has 0 saturated heterocycles. The maximum Gasteiger partial charge on any atom is 0.267 e. The van der Waals surface area contributed by atoms with Crippen LogP contribution in [0, 0.1) is 6.92 Å². The third-order valence-electron chi connectivity index (χ3n) is 3.98. The van der Waals surface area contributed by atoms with Crippen LogP contribution in [0.1, 0.15) is 30.4 Å². The molecule has 1 N–H and O–H groups in total. The molecule has 1 aliphatic heterocycles. The zero-order valence-electron chi connectivity index (χ0n) is 14.0. The van der Waals surface area contributed by atoms with Crippen LogP contribution in [0.4, 0.5) is 0 Å². The van der Waals surface area contributed by atoms with Crippen LogP contribution in [0.25, 0.3) is 0 Å². The third kappa shape index (κ3) is 3.27. The summed E-state index contributed by atoms with van der Waals surface area (Å²) in [6.45, 7) is 3.92. The zero-order chi connectivity index (χ0) is 17.2. The second-order valence-electron chi connectivity index (χ2n) is 5.96. The van der Waals surface area contributed by atoms with Crippen LogP contribution in [-0.4, -0.2) is 24.3 Å². The van der Waals surface area contributed by atoms with Gasteiger partial charge in [0.2, 0.25) is 5.60 Å².